The van der Waals surface area contributed by atoms with Crippen LogP contribution in [0.2, 0.25) is 0 Å². The van der Waals surface area contributed by atoms with E-state index in [9.17, 15) is 18.3 Å². The number of methoxy groups -OCH3 is 1. The van der Waals surface area contributed by atoms with E-state index in [2.05, 4.69) is 4.90 Å². The van der Waals surface area contributed by atoms with E-state index < -0.39 is 28.3 Å². The second-order valence-corrected chi connectivity index (χ2v) is 11.2. The van der Waals surface area contributed by atoms with Crippen molar-refractivity contribution in [3.05, 3.63) is 24.3 Å². The summed E-state index contributed by atoms with van der Waals surface area (Å²) in [6.07, 6.45) is -0.406. The molecule has 4 rings (SSSR count). The summed E-state index contributed by atoms with van der Waals surface area (Å²) in [4.78, 5) is 17.0. The fourth-order valence-corrected chi connectivity index (χ4v) is 6.60. The molecule has 190 valence electrons. The summed E-state index contributed by atoms with van der Waals surface area (Å²) in [5, 5.41) is 10.4. The molecule has 3 heterocycles. The molecule has 0 bridgehead atoms. The molecule has 0 radical (unpaired) electrons. The summed E-state index contributed by atoms with van der Waals surface area (Å²) in [5.74, 6) is 0.510. The highest BCUT2D eigenvalue weighted by Crippen LogP contribution is 2.32. The van der Waals surface area contributed by atoms with E-state index >= 15 is 0 Å². The Hall–Kier alpha value is -1.76. The number of amides is 1. The highest BCUT2D eigenvalue weighted by atomic mass is 32.2. The number of benzene rings is 1. The van der Waals surface area contributed by atoms with Gasteiger partial charge in [-0.3, -0.25) is 4.79 Å². The number of piperazine rings is 1. The van der Waals surface area contributed by atoms with E-state index in [1.165, 1.54) is 23.5 Å². The van der Waals surface area contributed by atoms with Crippen molar-refractivity contribution in [3.8, 4) is 5.75 Å². The first-order valence-corrected chi connectivity index (χ1v) is 13.3. The molecule has 3 aliphatic heterocycles. The lowest BCUT2D eigenvalue weighted by molar-refractivity contribution is -0.152. The second kappa shape index (κ2) is 10.9. The Balaban J connectivity index is 1.49. The molecule has 4 atom stereocenters. The second-order valence-electron chi connectivity index (χ2n) is 9.27. The van der Waals surface area contributed by atoms with Gasteiger partial charge in [0.1, 0.15) is 5.75 Å². The zero-order chi connectivity index (χ0) is 24.3. The summed E-state index contributed by atoms with van der Waals surface area (Å²) >= 11 is 0. The maximum atomic E-state index is 13.6. The van der Waals surface area contributed by atoms with Crippen LogP contribution in [0.3, 0.4) is 0 Å². The van der Waals surface area contributed by atoms with Gasteiger partial charge < -0.3 is 29.1 Å². The largest absolute Gasteiger partial charge is 0.497 e. The summed E-state index contributed by atoms with van der Waals surface area (Å²) < 4.78 is 45.6. The summed E-state index contributed by atoms with van der Waals surface area (Å²) in [6, 6.07) is 5.82. The SMILES string of the molecule is COc1cccc(S(=O)(=O)N2C[C@H](O)COC[C@@H]3O[C@H](CC(=O)N4CCN(C)CC4)CC[C@H]32)c1. The normalized spacial score (nSPS) is 29.7. The molecule has 3 aliphatic rings. The number of nitrogens with zero attached hydrogens (tertiary/aromatic N) is 3. The molecule has 1 N–H and O–H groups in total. The molecule has 10 nitrogen and oxygen atoms in total. The summed E-state index contributed by atoms with van der Waals surface area (Å²) in [6.45, 7) is 3.22. The van der Waals surface area contributed by atoms with Gasteiger partial charge in [0.15, 0.2) is 0 Å². The standard InChI is InChI=1S/C23H35N3O7S/c1-24-8-10-25(11-9-24)23(28)13-19-6-7-21-22(33-19)16-32-15-17(27)14-26(21)34(29,30)20-5-3-4-18(12-20)31-2/h3-5,12,17,19,21-22,27H,6-11,13-16H2,1-2H3/t17-,19-,21+,22-/m0/s1. The number of hydrogen-bond donors (Lipinski definition) is 1. The third-order valence-electron chi connectivity index (χ3n) is 6.84. The van der Waals surface area contributed by atoms with Crippen molar-refractivity contribution in [1.82, 2.24) is 14.1 Å². The lowest BCUT2D eigenvalue weighted by Crippen LogP contribution is -2.57. The van der Waals surface area contributed by atoms with Crippen LogP contribution in [0.5, 0.6) is 5.75 Å². The number of aliphatic hydroxyl groups excluding tert-OH is 1. The first-order valence-electron chi connectivity index (χ1n) is 11.8. The molecule has 3 fully saturated rings. The molecule has 0 aliphatic carbocycles. The maximum absolute atomic E-state index is 13.6. The van der Waals surface area contributed by atoms with Crippen LogP contribution < -0.4 is 4.74 Å². The van der Waals surface area contributed by atoms with Gasteiger partial charge in [-0.05, 0) is 32.0 Å². The number of rotatable bonds is 5. The highest BCUT2D eigenvalue weighted by Gasteiger charge is 2.43. The highest BCUT2D eigenvalue weighted by molar-refractivity contribution is 7.89. The minimum Gasteiger partial charge on any atom is -0.497 e. The number of likely N-dealkylation sites (N-methyl/N-ethyl adjacent to an activating group) is 1. The van der Waals surface area contributed by atoms with Crippen LogP contribution in [-0.4, -0.2) is 118 Å². The monoisotopic (exact) mass is 497 g/mol. The van der Waals surface area contributed by atoms with Gasteiger partial charge in [0.2, 0.25) is 15.9 Å². The predicted octanol–water partition coefficient (Wildman–Crippen LogP) is 0.157. The molecule has 3 saturated heterocycles. The zero-order valence-electron chi connectivity index (χ0n) is 19.8. The number of carbonyl (C=O) groups excluding carboxylic acids is 1. The van der Waals surface area contributed by atoms with Crippen molar-refractivity contribution in [2.45, 2.75) is 48.5 Å². The van der Waals surface area contributed by atoms with Crippen LogP contribution in [0, 0.1) is 0 Å². The van der Waals surface area contributed by atoms with Crippen molar-refractivity contribution < 1.29 is 32.5 Å². The van der Waals surface area contributed by atoms with Crippen LogP contribution in [0.4, 0.5) is 0 Å². The number of hydrogen-bond acceptors (Lipinski definition) is 8. The topological polar surface area (TPSA) is 109 Å². The van der Waals surface area contributed by atoms with Gasteiger partial charge in [0.05, 0.1) is 56.0 Å². The molecule has 1 amide bonds. The van der Waals surface area contributed by atoms with Crippen molar-refractivity contribution in [3.63, 3.8) is 0 Å². The molecular weight excluding hydrogens is 462 g/mol. The first-order chi connectivity index (χ1) is 16.3. The number of sulfonamides is 1. The quantitative estimate of drug-likeness (QED) is 0.613. The first kappa shape index (κ1) is 25.3. The van der Waals surface area contributed by atoms with Crippen LogP contribution in [0.15, 0.2) is 29.2 Å². The number of ether oxygens (including phenoxy) is 3. The van der Waals surface area contributed by atoms with Gasteiger partial charge in [0, 0.05) is 38.8 Å². The predicted molar refractivity (Wildman–Crippen MR) is 124 cm³/mol. The molecule has 1 aromatic carbocycles. The number of β-amino-alcohol motifs (C(OH)–C–C–N with tert-alkyl or cyclic N) is 1. The fourth-order valence-electron chi connectivity index (χ4n) is 4.85. The molecule has 11 heteroatoms. The third-order valence-corrected chi connectivity index (χ3v) is 8.73. The third kappa shape index (κ3) is 5.72. The lowest BCUT2D eigenvalue weighted by Gasteiger charge is -2.44. The Bertz CT molecular complexity index is 952. The van der Waals surface area contributed by atoms with E-state index in [0.717, 1.165) is 13.1 Å². The molecule has 0 unspecified atom stereocenters. The number of carbonyl (C=O) groups is 1. The molecular formula is C23H35N3O7S. The fraction of sp³-hybridized carbons (Fsp3) is 0.696. The summed E-state index contributed by atoms with van der Waals surface area (Å²) in [7, 11) is -0.394. The minimum absolute atomic E-state index is 0.0155. The minimum atomic E-state index is -3.92. The van der Waals surface area contributed by atoms with Gasteiger partial charge >= 0.3 is 0 Å². The van der Waals surface area contributed by atoms with Gasteiger partial charge in [-0.15, -0.1) is 0 Å². The smallest absolute Gasteiger partial charge is 0.243 e. The Morgan fingerprint density at radius 1 is 1.18 bits per heavy atom. The average Bonchev–Trinajstić information content (AvgIpc) is 2.82. The van der Waals surface area contributed by atoms with Gasteiger partial charge in [0.25, 0.3) is 0 Å². The van der Waals surface area contributed by atoms with Gasteiger partial charge in [-0.25, -0.2) is 8.42 Å². The van der Waals surface area contributed by atoms with Crippen molar-refractivity contribution in [1.29, 1.82) is 0 Å². The van der Waals surface area contributed by atoms with Crippen LogP contribution in [0.1, 0.15) is 19.3 Å². The lowest BCUT2D eigenvalue weighted by atomic mass is 9.96. The molecule has 0 aromatic heterocycles. The Labute approximate surface area is 201 Å². The average molecular weight is 498 g/mol. The molecule has 34 heavy (non-hydrogen) atoms. The Kier molecular flexibility index (Phi) is 8.11. The number of aliphatic hydroxyl groups is 1. The zero-order valence-corrected chi connectivity index (χ0v) is 20.7. The van der Waals surface area contributed by atoms with E-state index in [4.69, 9.17) is 14.2 Å². The van der Waals surface area contributed by atoms with Crippen molar-refractivity contribution in [2.24, 2.45) is 0 Å². The number of fused-ring (bicyclic) bond motifs is 1. The van der Waals surface area contributed by atoms with E-state index in [0.29, 0.717) is 31.7 Å². The Morgan fingerprint density at radius 2 is 1.94 bits per heavy atom. The van der Waals surface area contributed by atoms with Gasteiger partial charge in [-0.1, -0.05) is 6.07 Å². The van der Waals surface area contributed by atoms with E-state index in [1.807, 2.05) is 11.9 Å². The molecule has 0 saturated carbocycles. The summed E-state index contributed by atoms with van der Waals surface area (Å²) in [5.41, 5.74) is 0. The van der Waals surface area contributed by atoms with Crippen molar-refractivity contribution in [2.75, 3.05) is 60.1 Å². The van der Waals surface area contributed by atoms with E-state index in [1.54, 1.807) is 12.1 Å². The van der Waals surface area contributed by atoms with Crippen LogP contribution in [0.25, 0.3) is 0 Å². The van der Waals surface area contributed by atoms with Crippen LogP contribution >= 0.6 is 0 Å². The van der Waals surface area contributed by atoms with Crippen LogP contribution in [-0.2, 0) is 24.3 Å². The van der Waals surface area contributed by atoms with Gasteiger partial charge in [-0.2, -0.15) is 4.31 Å². The van der Waals surface area contributed by atoms with E-state index in [-0.39, 0.29) is 43.1 Å². The van der Waals surface area contributed by atoms with Crippen molar-refractivity contribution >= 4 is 15.9 Å². The molecule has 1 aromatic rings. The Morgan fingerprint density at radius 3 is 2.68 bits per heavy atom. The molecule has 0 spiro atoms. The maximum Gasteiger partial charge on any atom is 0.243 e.